The van der Waals surface area contributed by atoms with Gasteiger partial charge in [-0.25, -0.2) is 9.97 Å². The SMILES string of the molecule is CCCc1nc(NC)c(C)c(NCCC(C)SC)n1. The highest BCUT2D eigenvalue weighted by Gasteiger charge is 2.09. The number of aromatic nitrogens is 2. The molecule has 4 nitrogen and oxygen atoms in total. The average molecular weight is 282 g/mol. The summed E-state index contributed by atoms with van der Waals surface area (Å²) in [6.45, 7) is 7.41. The third kappa shape index (κ3) is 4.90. The van der Waals surface area contributed by atoms with Crippen LogP contribution < -0.4 is 10.6 Å². The molecule has 1 atom stereocenters. The molecule has 0 amide bonds. The molecule has 0 spiro atoms. The highest BCUT2D eigenvalue weighted by atomic mass is 32.2. The van der Waals surface area contributed by atoms with Crippen molar-refractivity contribution < 1.29 is 0 Å². The molecule has 19 heavy (non-hydrogen) atoms. The molecule has 0 aliphatic rings. The predicted molar refractivity (Wildman–Crippen MR) is 86.4 cm³/mol. The zero-order chi connectivity index (χ0) is 14.3. The van der Waals surface area contributed by atoms with Crippen LogP contribution in [0.15, 0.2) is 0 Å². The minimum absolute atomic E-state index is 0.675. The smallest absolute Gasteiger partial charge is 0.134 e. The molecule has 1 rings (SSSR count). The average Bonchev–Trinajstić information content (AvgIpc) is 2.41. The van der Waals surface area contributed by atoms with Crippen LogP contribution in [0, 0.1) is 6.92 Å². The van der Waals surface area contributed by atoms with Gasteiger partial charge in [-0.2, -0.15) is 11.8 Å². The van der Waals surface area contributed by atoms with E-state index in [-0.39, 0.29) is 0 Å². The van der Waals surface area contributed by atoms with Crippen LogP contribution in [-0.2, 0) is 6.42 Å². The van der Waals surface area contributed by atoms with Crippen molar-refractivity contribution in [3.05, 3.63) is 11.4 Å². The van der Waals surface area contributed by atoms with Crippen molar-refractivity contribution in [3.8, 4) is 0 Å². The lowest BCUT2D eigenvalue weighted by molar-refractivity contribution is 0.818. The van der Waals surface area contributed by atoms with E-state index in [1.165, 1.54) is 0 Å². The Kier molecular flexibility index (Phi) is 6.99. The van der Waals surface area contributed by atoms with Crippen molar-refractivity contribution in [1.82, 2.24) is 9.97 Å². The fourth-order valence-corrected chi connectivity index (χ4v) is 2.18. The Bertz CT molecular complexity index is 395. The number of nitrogens with one attached hydrogen (secondary N) is 2. The second-order valence-electron chi connectivity index (χ2n) is 4.72. The van der Waals surface area contributed by atoms with Gasteiger partial charge in [-0.3, -0.25) is 0 Å². The molecule has 1 aromatic rings. The van der Waals surface area contributed by atoms with Crippen molar-refractivity contribution in [2.75, 3.05) is 30.5 Å². The van der Waals surface area contributed by atoms with E-state index >= 15 is 0 Å². The van der Waals surface area contributed by atoms with Crippen molar-refractivity contribution >= 4 is 23.4 Å². The first-order valence-corrected chi connectivity index (χ1v) is 8.23. The van der Waals surface area contributed by atoms with Gasteiger partial charge in [0.05, 0.1) is 0 Å². The minimum atomic E-state index is 0.675. The topological polar surface area (TPSA) is 49.8 Å². The number of aryl methyl sites for hydroxylation is 1. The van der Waals surface area contributed by atoms with Gasteiger partial charge in [-0.15, -0.1) is 0 Å². The molecule has 1 aromatic heterocycles. The first-order valence-electron chi connectivity index (χ1n) is 6.94. The van der Waals surface area contributed by atoms with Crippen molar-refractivity contribution in [2.45, 2.75) is 45.3 Å². The lowest BCUT2D eigenvalue weighted by Gasteiger charge is -2.14. The molecule has 0 bridgehead atoms. The zero-order valence-corrected chi connectivity index (χ0v) is 13.5. The Labute approximate surface area is 121 Å². The van der Waals surface area contributed by atoms with E-state index in [9.17, 15) is 0 Å². The van der Waals surface area contributed by atoms with Crippen LogP contribution in [0.3, 0.4) is 0 Å². The molecule has 5 heteroatoms. The molecule has 0 aliphatic carbocycles. The van der Waals surface area contributed by atoms with Gasteiger partial charge in [0.2, 0.25) is 0 Å². The molecular weight excluding hydrogens is 256 g/mol. The standard InChI is InChI=1S/C14H26N4S/c1-6-7-12-17-13(15-4)11(3)14(18-12)16-9-8-10(2)19-5/h10H,6-9H2,1-5H3,(H2,15,16,17,18). The van der Waals surface area contributed by atoms with Crippen LogP contribution in [0.25, 0.3) is 0 Å². The maximum Gasteiger partial charge on any atom is 0.134 e. The fraction of sp³-hybridized carbons (Fsp3) is 0.714. The van der Waals surface area contributed by atoms with Crippen LogP contribution in [0.4, 0.5) is 11.6 Å². The first-order chi connectivity index (χ1) is 9.12. The largest absolute Gasteiger partial charge is 0.373 e. The highest BCUT2D eigenvalue weighted by Crippen LogP contribution is 2.20. The van der Waals surface area contributed by atoms with E-state index in [1.54, 1.807) is 0 Å². The summed E-state index contributed by atoms with van der Waals surface area (Å²) in [5, 5.41) is 7.27. The molecule has 0 aliphatic heterocycles. The molecule has 108 valence electrons. The van der Waals surface area contributed by atoms with Gasteiger partial charge in [0.25, 0.3) is 0 Å². The second-order valence-corrected chi connectivity index (χ2v) is 6.00. The van der Waals surface area contributed by atoms with Crippen LogP contribution >= 0.6 is 11.8 Å². The molecule has 2 N–H and O–H groups in total. The van der Waals surface area contributed by atoms with E-state index in [2.05, 4.69) is 47.6 Å². The van der Waals surface area contributed by atoms with E-state index in [0.29, 0.717) is 5.25 Å². The summed E-state index contributed by atoms with van der Waals surface area (Å²) in [4.78, 5) is 9.16. The summed E-state index contributed by atoms with van der Waals surface area (Å²) in [5.41, 5.74) is 1.10. The monoisotopic (exact) mass is 282 g/mol. The summed E-state index contributed by atoms with van der Waals surface area (Å²) in [5.74, 6) is 2.81. The second kappa shape index (κ2) is 8.25. The van der Waals surface area contributed by atoms with Gasteiger partial charge >= 0.3 is 0 Å². The minimum Gasteiger partial charge on any atom is -0.373 e. The number of hydrogen-bond donors (Lipinski definition) is 2. The summed E-state index contributed by atoms with van der Waals surface area (Å²) in [7, 11) is 1.91. The van der Waals surface area contributed by atoms with Crippen molar-refractivity contribution in [2.24, 2.45) is 0 Å². The van der Waals surface area contributed by atoms with Gasteiger partial charge in [-0.05, 0) is 26.0 Å². The lowest BCUT2D eigenvalue weighted by Crippen LogP contribution is -2.13. The van der Waals surface area contributed by atoms with Gasteiger partial charge in [-0.1, -0.05) is 13.8 Å². The fourth-order valence-electron chi connectivity index (χ4n) is 1.83. The van der Waals surface area contributed by atoms with Gasteiger partial charge < -0.3 is 10.6 Å². The van der Waals surface area contributed by atoms with Crippen LogP contribution in [-0.4, -0.2) is 35.1 Å². The maximum absolute atomic E-state index is 4.62. The van der Waals surface area contributed by atoms with Gasteiger partial charge in [0.1, 0.15) is 17.5 Å². The molecular formula is C14H26N4S. The number of rotatable bonds is 8. The normalized spacial score (nSPS) is 12.3. The van der Waals surface area contributed by atoms with E-state index < -0.39 is 0 Å². The van der Waals surface area contributed by atoms with Gasteiger partial charge in [0, 0.05) is 30.8 Å². The molecule has 0 fully saturated rings. The summed E-state index contributed by atoms with van der Waals surface area (Å²) in [6, 6.07) is 0. The summed E-state index contributed by atoms with van der Waals surface area (Å²) >= 11 is 1.90. The van der Waals surface area contributed by atoms with Crippen molar-refractivity contribution in [3.63, 3.8) is 0 Å². The summed E-state index contributed by atoms with van der Waals surface area (Å²) in [6.07, 6.45) is 5.28. The number of nitrogens with zero attached hydrogens (tertiary/aromatic N) is 2. The molecule has 0 saturated heterocycles. The Balaban J connectivity index is 2.77. The van der Waals surface area contributed by atoms with E-state index in [1.807, 2.05) is 18.8 Å². The zero-order valence-electron chi connectivity index (χ0n) is 12.7. The van der Waals surface area contributed by atoms with Crippen LogP contribution in [0.2, 0.25) is 0 Å². The third-order valence-electron chi connectivity index (χ3n) is 3.15. The Hall–Kier alpha value is -0.970. The third-order valence-corrected chi connectivity index (χ3v) is 4.19. The summed E-state index contributed by atoms with van der Waals surface area (Å²) < 4.78 is 0. The van der Waals surface area contributed by atoms with Crippen LogP contribution in [0.5, 0.6) is 0 Å². The predicted octanol–water partition coefficient (Wildman–Crippen LogP) is 3.33. The number of thioether (sulfide) groups is 1. The molecule has 1 heterocycles. The lowest BCUT2D eigenvalue weighted by atomic mass is 10.2. The van der Waals surface area contributed by atoms with Crippen molar-refractivity contribution in [1.29, 1.82) is 0 Å². The van der Waals surface area contributed by atoms with Crippen LogP contribution in [0.1, 0.15) is 38.1 Å². The maximum atomic E-state index is 4.62. The highest BCUT2D eigenvalue weighted by molar-refractivity contribution is 7.99. The molecule has 0 radical (unpaired) electrons. The molecule has 0 aromatic carbocycles. The quantitative estimate of drug-likeness (QED) is 0.766. The number of hydrogen-bond acceptors (Lipinski definition) is 5. The first kappa shape index (κ1) is 16.1. The van der Waals surface area contributed by atoms with E-state index in [4.69, 9.17) is 0 Å². The number of anilines is 2. The molecule has 1 unspecified atom stereocenters. The van der Waals surface area contributed by atoms with E-state index in [0.717, 1.165) is 48.8 Å². The Morgan fingerprint density at radius 2 is 1.95 bits per heavy atom. The van der Waals surface area contributed by atoms with Gasteiger partial charge in [0.15, 0.2) is 0 Å². The Morgan fingerprint density at radius 3 is 2.53 bits per heavy atom. The molecule has 0 saturated carbocycles. The Morgan fingerprint density at radius 1 is 1.26 bits per heavy atom.